The fourth-order valence-corrected chi connectivity index (χ4v) is 2.03. The zero-order valence-corrected chi connectivity index (χ0v) is 11.8. The van der Waals surface area contributed by atoms with E-state index in [-0.39, 0.29) is 12.0 Å². The number of ether oxygens (including phenoxy) is 1. The third-order valence-corrected chi connectivity index (χ3v) is 3.06. The van der Waals surface area contributed by atoms with E-state index in [4.69, 9.17) is 4.74 Å². The highest BCUT2D eigenvalue weighted by Gasteiger charge is 2.09. The molecule has 0 heterocycles. The normalized spacial score (nSPS) is 11.7. The monoisotopic (exact) mass is 269 g/mol. The SMILES string of the molecule is CCOC(=O)c1cccc(N[C@@H](C)c2ccccc2)c1. The molecule has 0 radical (unpaired) electrons. The van der Waals surface area contributed by atoms with Crippen molar-refractivity contribution in [1.82, 2.24) is 0 Å². The highest BCUT2D eigenvalue weighted by molar-refractivity contribution is 5.90. The number of benzene rings is 2. The standard InChI is InChI=1S/C17H19NO2/c1-3-20-17(19)15-10-7-11-16(12-15)18-13(2)14-8-5-4-6-9-14/h4-13,18H,3H2,1-2H3/t13-/m0/s1. The van der Waals surface area contributed by atoms with Crippen molar-refractivity contribution in [3.63, 3.8) is 0 Å². The second kappa shape index (κ2) is 6.75. The molecule has 0 aromatic heterocycles. The van der Waals surface area contributed by atoms with Gasteiger partial charge in [0.1, 0.15) is 0 Å². The van der Waals surface area contributed by atoms with Crippen molar-refractivity contribution in [2.45, 2.75) is 19.9 Å². The first-order valence-electron chi connectivity index (χ1n) is 6.79. The summed E-state index contributed by atoms with van der Waals surface area (Å²) in [6.45, 7) is 4.28. The molecule has 0 spiro atoms. The molecule has 0 aliphatic carbocycles. The van der Waals surface area contributed by atoms with Crippen molar-refractivity contribution in [3.8, 4) is 0 Å². The van der Waals surface area contributed by atoms with Gasteiger partial charge >= 0.3 is 5.97 Å². The Balaban J connectivity index is 2.10. The van der Waals surface area contributed by atoms with E-state index in [2.05, 4.69) is 24.4 Å². The van der Waals surface area contributed by atoms with E-state index >= 15 is 0 Å². The Morgan fingerprint density at radius 1 is 1.15 bits per heavy atom. The summed E-state index contributed by atoms with van der Waals surface area (Å²) in [6, 6.07) is 17.7. The van der Waals surface area contributed by atoms with Crippen molar-refractivity contribution in [1.29, 1.82) is 0 Å². The molecule has 1 N–H and O–H groups in total. The van der Waals surface area contributed by atoms with Crippen LogP contribution in [0.3, 0.4) is 0 Å². The van der Waals surface area contributed by atoms with Crippen LogP contribution in [-0.4, -0.2) is 12.6 Å². The Labute approximate surface area is 119 Å². The molecule has 0 saturated carbocycles. The largest absolute Gasteiger partial charge is 0.462 e. The van der Waals surface area contributed by atoms with E-state index in [1.54, 1.807) is 13.0 Å². The van der Waals surface area contributed by atoms with Crippen LogP contribution in [0.2, 0.25) is 0 Å². The Morgan fingerprint density at radius 3 is 2.60 bits per heavy atom. The Kier molecular flexibility index (Phi) is 4.77. The van der Waals surface area contributed by atoms with Crippen LogP contribution in [0.15, 0.2) is 54.6 Å². The zero-order chi connectivity index (χ0) is 14.4. The summed E-state index contributed by atoms with van der Waals surface area (Å²) in [7, 11) is 0. The smallest absolute Gasteiger partial charge is 0.338 e. The van der Waals surface area contributed by atoms with Gasteiger partial charge in [-0.3, -0.25) is 0 Å². The van der Waals surface area contributed by atoms with E-state index in [0.717, 1.165) is 5.69 Å². The third kappa shape index (κ3) is 3.60. The third-order valence-electron chi connectivity index (χ3n) is 3.06. The molecule has 0 bridgehead atoms. The number of carbonyl (C=O) groups is 1. The molecule has 0 amide bonds. The van der Waals surface area contributed by atoms with E-state index in [1.165, 1.54) is 5.56 Å². The number of anilines is 1. The summed E-state index contributed by atoms with van der Waals surface area (Å²) in [5.74, 6) is -0.288. The van der Waals surface area contributed by atoms with Gasteiger partial charge in [-0.05, 0) is 37.6 Å². The van der Waals surface area contributed by atoms with Gasteiger partial charge in [0.25, 0.3) is 0 Å². The Morgan fingerprint density at radius 2 is 1.90 bits per heavy atom. The molecule has 0 fully saturated rings. The predicted octanol–water partition coefficient (Wildman–Crippen LogP) is 4.04. The van der Waals surface area contributed by atoms with Crippen LogP contribution in [-0.2, 0) is 4.74 Å². The molecular weight excluding hydrogens is 250 g/mol. The van der Waals surface area contributed by atoms with E-state index < -0.39 is 0 Å². The van der Waals surface area contributed by atoms with Crippen molar-refractivity contribution in [2.75, 3.05) is 11.9 Å². The van der Waals surface area contributed by atoms with Crippen LogP contribution in [0.5, 0.6) is 0 Å². The van der Waals surface area contributed by atoms with Gasteiger partial charge in [0.05, 0.1) is 12.2 Å². The fourth-order valence-electron chi connectivity index (χ4n) is 2.03. The summed E-state index contributed by atoms with van der Waals surface area (Å²) in [4.78, 5) is 11.7. The van der Waals surface area contributed by atoms with Crippen molar-refractivity contribution < 1.29 is 9.53 Å². The Bertz CT molecular complexity index is 566. The molecule has 2 rings (SSSR count). The van der Waals surface area contributed by atoms with E-state index in [1.807, 2.05) is 36.4 Å². The number of nitrogens with one attached hydrogen (secondary N) is 1. The van der Waals surface area contributed by atoms with Gasteiger partial charge in [-0.15, -0.1) is 0 Å². The number of hydrogen-bond acceptors (Lipinski definition) is 3. The summed E-state index contributed by atoms with van der Waals surface area (Å²) in [5.41, 5.74) is 2.68. The molecule has 1 atom stereocenters. The molecule has 3 heteroatoms. The number of esters is 1. The van der Waals surface area contributed by atoms with Crippen LogP contribution in [0, 0.1) is 0 Å². The van der Waals surface area contributed by atoms with Crippen LogP contribution < -0.4 is 5.32 Å². The van der Waals surface area contributed by atoms with E-state index in [0.29, 0.717) is 12.2 Å². The lowest BCUT2D eigenvalue weighted by Gasteiger charge is -2.16. The zero-order valence-electron chi connectivity index (χ0n) is 11.8. The average molecular weight is 269 g/mol. The first-order chi connectivity index (χ1) is 9.70. The summed E-state index contributed by atoms with van der Waals surface area (Å²) in [6.07, 6.45) is 0. The molecule has 0 aliphatic heterocycles. The summed E-state index contributed by atoms with van der Waals surface area (Å²) < 4.78 is 5.01. The first kappa shape index (κ1) is 14.1. The minimum atomic E-state index is -0.288. The van der Waals surface area contributed by atoms with Gasteiger partial charge < -0.3 is 10.1 Å². The van der Waals surface area contributed by atoms with Gasteiger partial charge in [-0.25, -0.2) is 4.79 Å². The molecule has 0 saturated heterocycles. The fraction of sp³-hybridized carbons (Fsp3) is 0.235. The van der Waals surface area contributed by atoms with Crippen LogP contribution in [0.4, 0.5) is 5.69 Å². The molecular formula is C17H19NO2. The summed E-state index contributed by atoms with van der Waals surface area (Å²) in [5, 5.41) is 3.39. The molecule has 2 aromatic carbocycles. The van der Waals surface area contributed by atoms with Gasteiger partial charge in [0.2, 0.25) is 0 Å². The van der Waals surface area contributed by atoms with Gasteiger partial charge in [-0.2, -0.15) is 0 Å². The number of hydrogen-bond donors (Lipinski definition) is 1. The van der Waals surface area contributed by atoms with Crippen LogP contribution >= 0.6 is 0 Å². The number of carbonyl (C=O) groups excluding carboxylic acids is 1. The molecule has 3 nitrogen and oxygen atoms in total. The lowest BCUT2D eigenvalue weighted by molar-refractivity contribution is 0.0526. The maximum absolute atomic E-state index is 11.7. The average Bonchev–Trinajstić information content (AvgIpc) is 2.48. The molecule has 2 aromatic rings. The van der Waals surface area contributed by atoms with Gasteiger partial charge in [0.15, 0.2) is 0 Å². The van der Waals surface area contributed by atoms with Crippen molar-refractivity contribution >= 4 is 11.7 Å². The molecule has 104 valence electrons. The molecule has 0 aliphatic rings. The van der Waals surface area contributed by atoms with Gasteiger partial charge in [-0.1, -0.05) is 36.4 Å². The minimum Gasteiger partial charge on any atom is -0.462 e. The lowest BCUT2D eigenvalue weighted by Crippen LogP contribution is -2.08. The van der Waals surface area contributed by atoms with Crippen molar-refractivity contribution in [3.05, 3.63) is 65.7 Å². The number of rotatable bonds is 5. The second-order valence-corrected chi connectivity index (χ2v) is 4.58. The first-order valence-corrected chi connectivity index (χ1v) is 6.79. The Hall–Kier alpha value is -2.29. The topological polar surface area (TPSA) is 38.3 Å². The highest BCUT2D eigenvalue weighted by Crippen LogP contribution is 2.20. The van der Waals surface area contributed by atoms with E-state index in [9.17, 15) is 4.79 Å². The highest BCUT2D eigenvalue weighted by atomic mass is 16.5. The minimum absolute atomic E-state index is 0.175. The second-order valence-electron chi connectivity index (χ2n) is 4.58. The van der Waals surface area contributed by atoms with Crippen LogP contribution in [0.25, 0.3) is 0 Å². The molecule has 20 heavy (non-hydrogen) atoms. The van der Waals surface area contributed by atoms with Crippen molar-refractivity contribution in [2.24, 2.45) is 0 Å². The maximum Gasteiger partial charge on any atom is 0.338 e. The lowest BCUT2D eigenvalue weighted by atomic mass is 10.1. The summed E-state index contributed by atoms with van der Waals surface area (Å²) >= 11 is 0. The molecule has 0 unspecified atom stereocenters. The van der Waals surface area contributed by atoms with Gasteiger partial charge in [0, 0.05) is 11.7 Å². The maximum atomic E-state index is 11.7. The van der Waals surface area contributed by atoms with Crippen LogP contribution in [0.1, 0.15) is 35.8 Å². The quantitative estimate of drug-likeness (QED) is 0.833. The predicted molar refractivity (Wildman–Crippen MR) is 80.9 cm³/mol.